The summed E-state index contributed by atoms with van der Waals surface area (Å²) in [4.78, 5) is 0. The molecule has 1 heteroatoms. The summed E-state index contributed by atoms with van der Waals surface area (Å²) in [7, 11) is 0. The monoisotopic (exact) mass is 371 g/mol. The van der Waals surface area contributed by atoms with Gasteiger partial charge in [-0.2, -0.15) is 0 Å². The third-order valence-corrected chi connectivity index (χ3v) is 13.4. The van der Waals surface area contributed by atoms with Gasteiger partial charge in [0, 0.05) is 0 Å². The summed E-state index contributed by atoms with van der Waals surface area (Å²) in [5.74, 6) is 7.21. The molecule has 0 nitrogen and oxygen atoms in total. The van der Waals surface area contributed by atoms with Crippen LogP contribution < -0.4 is 0 Å². The summed E-state index contributed by atoms with van der Waals surface area (Å²) in [6.45, 7) is 9.26. The third-order valence-electron chi connectivity index (χ3n) is 3.70. The average Bonchev–Trinajstić information content (AvgIpc) is 2.43. The molecule has 0 aliphatic heterocycles. The first-order valence-corrected chi connectivity index (χ1v) is 14.3. The average molecular weight is 370 g/mol. The van der Waals surface area contributed by atoms with Crippen molar-refractivity contribution in [1.29, 1.82) is 0 Å². The number of hydrogen-bond acceptors (Lipinski definition) is 0. The van der Waals surface area contributed by atoms with E-state index in [4.69, 9.17) is 0 Å². The Morgan fingerprint density at radius 2 is 1.37 bits per heavy atom. The van der Waals surface area contributed by atoms with Gasteiger partial charge in [-0.1, -0.05) is 0 Å². The van der Waals surface area contributed by atoms with Gasteiger partial charge < -0.3 is 0 Å². The topological polar surface area (TPSA) is 0 Å². The van der Waals surface area contributed by atoms with Gasteiger partial charge in [-0.25, -0.2) is 0 Å². The van der Waals surface area contributed by atoms with E-state index in [-0.39, 0.29) is 0 Å². The van der Waals surface area contributed by atoms with Gasteiger partial charge in [0.25, 0.3) is 0 Å². The summed E-state index contributed by atoms with van der Waals surface area (Å²) in [6, 6.07) is 0. The predicted octanol–water partition coefficient (Wildman–Crippen LogP) is 6.45. The van der Waals surface area contributed by atoms with E-state index in [2.05, 4.69) is 39.5 Å². The van der Waals surface area contributed by atoms with Crippen LogP contribution in [0.1, 0.15) is 85.5 Å². The van der Waals surface area contributed by atoms with Crippen LogP contribution in [0, 0.1) is 11.8 Å². The molecule has 1 atom stereocenters. The standard InChI is InChI=1S/C10H17.2C4H9.Sn/c1-3-5-7-9-10-8-6-4-2;2*1-3-4-2;/h7H,3-6,8H2,1-2H3;2*1,3-4H2,2H3;. The van der Waals surface area contributed by atoms with Gasteiger partial charge in [0.2, 0.25) is 0 Å². The van der Waals surface area contributed by atoms with E-state index in [0.29, 0.717) is 0 Å². The van der Waals surface area contributed by atoms with Crippen LogP contribution in [0.4, 0.5) is 0 Å². The summed E-state index contributed by atoms with van der Waals surface area (Å²) in [5.41, 5.74) is 0. The molecule has 1 unspecified atom stereocenters. The van der Waals surface area contributed by atoms with Crippen molar-refractivity contribution in [2.75, 3.05) is 0 Å². The number of unbranched alkanes of at least 4 members (excludes halogenated alkanes) is 4. The molecular formula is C18H35Sn. The summed E-state index contributed by atoms with van der Waals surface area (Å²) >= 11 is -1.24. The fraction of sp³-hybridized carbons (Fsp3) is 0.889. The molecule has 0 aliphatic rings. The minimum atomic E-state index is -1.24. The van der Waals surface area contributed by atoms with E-state index >= 15 is 0 Å². The Kier molecular flexibility index (Phi) is 15.0. The van der Waals surface area contributed by atoms with E-state index in [9.17, 15) is 0 Å². The molecule has 0 bridgehead atoms. The van der Waals surface area contributed by atoms with Gasteiger partial charge in [0.15, 0.2) is 0 Å². The van der Waals surface area contributed by atoms with Gasteiger partial charge in [-0.05, 0) is 0 Å². The molecule has 0 spiro atoms. The fourth-order valence-electron chi connectivity index (χ4n) is 2.41. The van der Waals surface area contributed by atoms with Crippen molar-refractivity contribution in [3.63, 3.8) is 0 Å². The third kappa shape index (κ3) is 10.8. The Bertz CT molecular complexity index is 228. The van der Waals surface area contributed by atoms with Crippen molar-refractivity contribution in [3.05, 3.63) is 0 Å². The van der Waals surface area contributed by atoms with Crippen molar-refractivity contribution < 1.29 is 0 Å². The Morgan fingerprint density at radius 1 is 0.789 bits per heavy atom. The van der Waals surface area contributed by atoms with Crippen LogP contribution >= 0.6 is 0 Å². The second-order valence-electron chi connectivity index (χ2n) is 5.63. The van der Waals surface area contributed by atoms with E-state index < -0.39 is 19.8 Å². The molecule has 0 aliphatic carbocycles. The molecule has 0 saturated heterocycles. The molecule has 0 amide bonds. The first-order chi connectivity index (χ1) is 9.29. The molecule has 0 N–H and O–H groups in total. The van der Waals surface area contributed by atoms with Crippen molar-refractivity contribution in [3.8, 4) is 11.8 Å². The fourth-order valence-corrected chi connectivity index (χ4v) is 12.6. The Hall–Kier alpha value is 0.359. The van der Waals surface area contributed by atoms with Crippen LogP contribution in [0.3, 0.4) is 0 Å². The van der Waals surface area contributed by atoms with Gasteiger partial charge in [-0.15, -0.1) is 0 Å². The molecule has 0 aromatic carbocycles. The molecule has 111 valence electrons. The minimum absolute atomic E-state index is 0.863. The quantitative estimate of drug-likeness (QED) is 0.223. The molecule has 0 aromatic heterocycles. The Balaban J connectivity index is 4.46. The summed E-state index contributed by atoms with van der Waals surface area (Å²) in [6.07, 6.45) is 12.1. The first-order valence-electron chi connectivity index (χ1n) is 8.62. The summed E-state index contributed by atoms with van der Waals surface area (Å²) in [5, 5.41) is 0. The van der Waals surface area contributed by atoms with E-state index in [1.54, 1.807) is 8.87 Å². The normalized spacial score (nSPS) is 12.3. The van der Waals surface area contributed by atoms with Crippen molar-refractivity contribution in [1.82, 2.24) is 0 Å². The Labute approximate surface area is 129 Å². The number of hydrogen-bond donors (Lipinski definition) is 0. The van der Waals surface area contributed by atoms with Crippen LogP contribution in [0.25, 0.3) is 0 Å². The maximum absolute atomic E-state index is 3.71. The van der Waals surface area contributed by atoms with E-state index in [1.165, 1.54) is 51.4 Å². The zero-order chi connectivity index (χ0) is 14.3. The zero-order valence-electron chi connectivity index (χ0n) is 13.9. The second-order valence-corrected chi connectivity index (χ2v) is 14.2. The number of rotatable bonds is 11. The molecule has 0 aromatic rings. The van der Waals surface area contributed by atoms with Crippen molar-refractivity contribution in [2.24, 2.45) is 0 Å². The molecule has 0 fully saturated rings. The first kappa shape index (κ1) is 19.4. The van der Waals surface area contributed by atoms with Gasteiger partial charge in [0.1, 0.15) is 0 Å². The molecule has 19 heavy (non-hydrogen) atoms. The second kappa shape index (κ2) is 14.8. The van der Waals surface area contributed by atoms with Crippen molar-refractivity contribution in [2.45, 2.75) is 98.3 Å². The zero-order valence-corrected chi connectivity index (χ0v) is 16.7. The molecule has 0 saturated carbocycles. The van der Waals surface area contributed by atoms with E-state index in [0.717, 1.165) is 10.4 Å². The van der Waals surface area contributed by atoms with E-state index in [1.807, 2.05) is 0 Å². The van der Waals surface area contributed by atoms with Crippen LogP contribution in [0.5, 0.6) is 0 Å². The molecular weight excluding hydrogens is 335 g/mol. The molecule has 0 heterocycles. The van der Waals surface area contributed by atoms with Crippen LogP contribution in [0.2, 0.25) is 12.8 Å². The van der Waals surface area contributed by atoms with Gasteiger partial charge in [0.05, 0.1) is 0 Å². The van der Waals surface area contributed by atoms with Crippen LogP contribution in [-0.4, -0.2) is 19.8 Å². The maximum atomic E-state index is 3.71. The molecule has 0 rings (SSSR count). The van der Waals surface area contributed by atoms with Crippen molar-refractivity contribution >= 4 is 19.8 Å². The summed E-state index contributed by atoms with van der Waals surface area (Å²) < 4.78 is 4.04. The van der Waals surface area contributed by atoms with Crippen LogP contribution in [-0.2, 0) is 0 Å². The van der Waals surface area contributed by atoms with Gasteiger partial charge in [-0.3, -0.25) is 0 Å². The van der Waals surface area contributed by atoms with Crippen LogP contribution in [0.15, 0.2) is 0 Å². The Morgan fingerprint density at radius 3 is 1.84 bits per heavy atom. The SMILES string of the molecule is CCCCC#C[CH](CCC)[Sn]([CH2]CCC)[CH2]CCC. The molecule has 1 radical (unpaired) electrons. The van der Waals surface area contributed by atoms with Gasteiger partial charge >= 0.3 is 130 Å². The predicted molar refractivity (Wildman–Crippen MR) is 91.1 cm³/mol.